The molecule has 4 nitrogen and oxygen atoms in total. The minimum atomic E-state index is -0.799. The van der Waals surface area contributed by atoms with Crippen LogP contribution in [0.2, 0.25) is 0 Å². The van der Waals surface area contributed by atoms with Crippen LogP contribution >= 0.6 is 0 Å². The van der Waals surface area contributed by atoms with E-state index in [1.54, 1.807) is 31.1 Å². The van der Waals surface area contributed by atoms with E-state index in [0.717, 1.165) is 32.1 Å². The topological polar surface area (TPSA) is 52.6 Å². The highest BCUT2D eigenvalue weighted by Crippen LogP contribution is 2.27. The molecule has 2 N–H and O–H groups in total. The number of benzene rings is 1. The van der Waals surface area contributed by atoms with Crippen LogP contribution in [0.15, 0.2) is 24.3 Å². The third-order valence-corrected chi connectivity index (χ3v) is 4.31. The summed E-state index contributed by atoms with van der Waals surface area (Å²) in [4.78, 5) is 14.2. The maximum atomic E-state index is 13.4. The minimum Gasteiger partial charge on any atom is -0.388 e. The van der Waals surface area contributed by atoms with Gasteiger partial charge in [-0.15, -0.1) is 0 Å². The Morgan fingerprint density at radius 2 is 2.05 bits per heavy atom. The average Bonchev–Trinajstić information content (AvgIpc) is 2.46. The van der Waals surface area contributed by atoms with Gasteiger partial charge in [0.25, 0.3) is 0 Å². The first kappa shape index (κ1) is 16.9. The summed E-state index contributed by atoms with van der Waals surface area (Å²) in [6.45, 7) is 0.255. The summed E-state index contributed by atoms with van der Waals surface area (Å²) >= 11 is 0. The summed E-state index contributed by atoms with van der Waals surface area (Å²) in [6, 6.07) is 5.51. The molecular weight excluding hydrogens is 283 g/mol. The molecule has 0 aliphatic heterocycles. The molecule has 1 aliphatic carbocycles. The van der Waals surface area contributed by atoms with Crippen LogP contribution in [0, 0.1) is 5.82 Å². The summed E-state index contributed by atoms with van der Waals surface area (Å²) < 4.78 is 13.4. The van der Waals surface area contributed by atoms with Crippen molar-refractivity contribution in [1.29, 1.82) is 0 Å². The van der Waals surface area contributed by atoms with Gasteiger partial charge in [-0.2, -0.15) is 0 Å². The standard InChI is InChI=1S/C17H25FN2O2/c1-20(2)15(13-7-6-8-14(18)11-13)16(21)19-12-17(22)9-4-3-5-10-17/h6-8,11,15,22H,3-5,9-10,12H2,1-2H3,(H,19,21). The third-order valence-electron chi connectivity index (χ3n) is 4.31. The van der Waals surface area contributed by atoms with Gasteiger partial charge in [0.2, 0.25) is 5.91 Å². The number of carbonyl (C=O) groups excluding carboxylic acids is 1. The molecule has 0 radical (unpaired) electrons. The fourth-order valence-corrected chi connectivity index (χ4v) is 3.10. The molecule has 1 aromatic rings. The van der Waals surface area contributed by atoms with Crippen LogP contribution in [-0.2, 0) is 4.79 Å². The molecule has 2 rings (SSSR count). The van der Waals surface area contributed by atoms with Gasteiger partial charge in [0.15, 0.2) is 0 Å². The fraction of sp³-hybridized carbons (Fsp3) is 0.588. The molecule has 0 aromatic heterocycles. The van der Waals surface area contributed by atoms with E-state index < -0.39 is 11.6 Å². The van der Waals surface area contributed by atoms with E-state index in [2.05, 4.69) is 5.32 Å². The van der Waals surface area contributed by atoms with Crippen molar-refractivity contribution in [1.82, 2.24) is 10.2 Å². The normalized spacial score (nSPS) is 19.0. The highest BCUT2D eigenvalue weighted by molar-refractivity contribution is 5.83. The summed E-state index contributed by atoms with van der Waals surface area (Å²) in [5.41, 5.74) is -0.190. The predicted octanol–water partition coefficient (Wildman–Crippen LogP) is 2.24. The molecule has 1 unspecified atom stereocenters. The summed E-state index contributed by atoms with van der Waals surface area (Å²) in [5, 5.41) is 13.3. The Morgan fingerprint density at radius 1 is 1.36 bits per heavy atom. The number of hydrogen-bond acceptors (Lipinski definition) is 3. The van der Waals surface area contributed by atoms with Crippen LogP contribution in [0.3, 0.4) is 0 Å². The fourth-order valence-electron chi connectivity index (χ4n) is 3.10. The van der Waals surface area contributed by atoms with Crippen LogP contribution < -0.4 is 5.32 Å². The van der Waals surface area contributed by atoms with Gasteiger partial charge in [-0.1, -0.05) is 31.4 Å². The molecule has 1 atom stereocenters. The van der Waals surface area contributed by atoms with E-state index >= 15 is 0 Å². The van der Waals surface area contributed by atoms with Crippen LogP contribution in [0.5, 0.6) is 0 Å². The Morgan fingerprint density at radius 3 is 2.64 bits per heavy atom. The number of nitrogens with one attached hydrogen (secondary N) is 1. The molecule has 1 aliphatic rings. The van der Waals surface area contributed by atoms with Crippen molar-refractivity contribution in [3.8, 4) is 0 Å². The van der Waals surface area contributed by atoms with Crippen molar-refractivity contribution < 1.29 is 14.3 Å². The second-order valence-corrected chi connectivity index (χ2v) is 6.42. The largest absolute Gasteiger partial charge is 0.388 e. The first-order valence-electron chi connectivity index (χ1n) is 7.83. The van der Waals surface area contributed by atoms with Crippen molar-refractivity contribution >= 4 is 5.91 Å². The maximum Gasteiger partial charge on any atom is 0.242 e. The van der Waals surface area contributed by atoms with E-state index in [1.165, 1.54) is 12.1 Å². The number of nitrogens with zero attached hydrogens (tertiary/aromatic N) is 1. The van der Waals surface area contributed by atoms with Crippen LogP contribution in [-0.4, -0.2) is 42.2 Å². The number of likely N-dealkylation sites (N-methyl/N-ethyl adjacent to an activating group) is 1. The van der Waals surface area contributed by atoms with Crippen molar-refractivity contribution in [3.63, 3.8) is 0 Å². The SMILES string of the molecule is CN(C)C(C(=O)NCC1(O)CCCCC1)c1cccc(F)c1. The van der Waals surface area contributed by atoms with Gasteiger partial charge in [0, 0.05) is 6.54 Å². The zero-order valence-electron chi connectivity index (χ0n) is 13.3. The van der Waals surface area contributed by atoms with Gasteiger partial charge in [0.05, 0.1) is 5.60 Å². The molecular formula is C17H25FN2O2. The van der Waals surface area contributed by atoms with Gasteiger partial charge in [-0.3, -0.25) is 9.69 Å². The van der Waals surface area contributed by atoms with Crippen molar-refractivity contribution in [2.45, 2.75) is 43.7 Å². The number of aliphatic hydroxyl groups is 1. The molecule has 1 aromatic carbocycles. The molecule has 22 heavy (non-hydrogen) atoms. The number of carbonyl (C=O) groups is 1. The first-order valence-corrected chi connectivity index (χ1v) is 7.83. The summed E-state index contributed by atoms with van der Waals surface area (Å²) in [6.07, 6.45) is 4.57. The number of hydrogen-bond donors (Lipinski definition) is 2. The third kappa shape index (κ3) is 4.27. The van der Waals surface area contributed by atoms with Gasteiger partial charge in [-0.25, -0.2) is 4.39 Å². The Kier molecular flexibility index (Phi) is 5.53. The van der Waals surface area contributed by atoms with Crippen LogP contribution in [0.1, 0.15) is 43.7 Å². The van der Waals surface area contributed by atoms with Crippen molar-refractivity contribution in [2.24, 2.45) is 0 Å². The van der Waals surface area contributed by atoms with Gasteiger partial charge < -0.3 is 10.4 Å². The Labute approximate surface area is 131 Å². The van der Waals surface area contributed by atoms with E-state index in [4.69, 9.17) is 0 Å². The zero-order chi connectivity index (χ0) is 16.2. The maximum absolute atomic E-state index is 13.4. The molecule has 1 saturated carbocycles. The molecule has 122 valence electrons. The lowest BCUT2D eigenvalue weighted by molar-refractivity contribution is -0.127. The van der Waals surface area contributed by atoms with Crippen molar-refractivity contribution in [3.05, 3.63) is 35.6 Å². The van der Waals surface area contributed by atoms with Gasteiger partial charge in [0.1, 0.15) is 11.9 Å². The zero-order valence-corrected chi connectivity index (χ0v) is 13.3. The lowest BCUT2D eigenvalue weighted by atomic mass is 9.85. The minimum absolute atomic E-state index is 0.213. The Hall–Kier alpha value is -1.46. The monoisotopic (exact) mass is 308 g/mol. The van der Waals surface area contributed by atoms with Gasteiger partial charge >= 0.3 is 0 Å². The van der Waals surface area contributed by atoms with Crippen molar-refractivity contribution in [2.75, 3.05) is 20.6 Å². The van der Waals surface area contributed by atoms with Crippen LogP contribution in [0.25, 0.3) is 0 Å². The van der Waals surface area contributed by atoms with E-state index in [-0.39, 0.29) is 18.3 Å². The molecule has 0 bridgehead atoms. The molecule has 1 amide bonds. The lowest BCUT2D eigenvalue weighted by Crippen LogP contribution is -2.47. The van der Waals surface area contributed by atoms with E-state index in [9.17, 15) is 14.3 Å². The van der Waals surface area contributed by atoms with E-state index in [1.807, 2.05) is 0 Å². The van der Waals surface area contributed by atoms with E-state index in [0.29, 0.717) is 5.56 Å². The second kappa shape index (κ2) is 7.20. The first-order chi connectivity index (χ1) is 10.4. The van der Waals surface area contributed by atoms with Gasteiger partial charge in [-0.05, 0) is 44.6 Å². The molecule has 0 saturated heterocycles. The smallest absolute Gasteiger partial charge is 0.242 e. The number of rotatable bonds is 5. The highest BCUT2D eigenvalue weighted by Gasteiger charge is 2.31. The molecule has 5 heteroatoms. The number of amides is 1. The summed E-state index contributed by atoms with van der Waals surface area (Å²) in [7, 11) is 3.56. The highest BCUT2D eigenvalue weighted by atomic mass is 19.1. The number of halogens is 1. The Bertz CT molecular complexity index is 513. The predicted molar refractivity (Wildman–Crippen MR) is 83.9 cm³/mol. The quantitative estimate of drug-likeness (QED) is 0.877. The average molecular weight is 308 g/mol. The molecule has 0 heterocycles. The lowest BCUT2D eigenvalue weighted by Gasteiger charge is -2.33. The summed E-state index contributed by atoms with van der Waals surface area (Å²) in [5.74, 6) is -0.572. The molecule has 1 fully saturated rings. The molecule has 0 spiro atoms. The van der Waals surface area contributed by atoms with Crippen LogP contribution in [0.4, 0.5) is 4.39 Å². The second-order valence-electron chi connectivity index (χ2n) is 6.42. The Balaban J connectivity index is 2.04.